The van der Waals surface area contributed by atoms with E-state index < -0.39 is 17.2 Å². The number of hydrazone groups is 1. The Balaban J connectivity index is 0. The minimum atomic E-state index is -5.08. The van der Waals surface area contributed by atoms with Crippen molar-refractivity contribution in [1.82, 2.24) is 5.32 Å². The zero-order chi connectivity index (χ0) is 14.1. The van der Waals surface area contributed by atoms with E-state index >= 15 is 0 Å². The molecule has 100 valence electrons. The molecule has 0 unspecified atom stereocenters. The number of hydrogen-bond donors (Lipinski definition) is 4. The average molecular weight is 261 g/mol. The first-order valence-corrected chi connectivity index (χ1v) is 3.83. The molecule has 0 aromatic heterocycles. The van der Waals surface area contributed by atoms with Crippen molar-refractivity contribution in [3.63, 3.8) is 0 Å². The Morgan fingerprint density at radius 2 is 1.94 bits per heavy atom. The zero-order valence-corrected chi connectivity index (χ0v) is 8.27. The molecule has 6 N–H and O–H groups in total. The van der Waals surface area contributed by atoms with E-state index in [0.29, 0.717) is 13.1 Å². The maximum Gasteiger partial charge on any atom is 0.490 e. The number of nitro groups is 1. The molecule has 17 heavy (non-hydrogen) atoms. The number of aliphatic carboxylic acids is 1. The Morgan fingerprint density at radius 3 is 2.18 bits per heavy atom. The van der Waals surface area contributed by atoms with Gasteiger partial charge in [-0.25, -0.2) is 14.9 Å². The lowest BCUT2D eigenvalue weighted by Crippen LogP contribution is -2.35. The van der Waals surface area contributed by atoms with Crippen molar-refractivity contribution >= 4 is 11.9 Å². The van der Waals surface area contributed by atoms with Gasteiger partial charge in [-0.15, -0.1) is 0 Å². The molecule has 0 aliphatic heterocycles. The van der Waals surface area contributed by atoms with Gasteiger partial charge in [0.15, 0.2) is 5.03 Å². The molecule has 0 amide bonds. The Bertz CT molecular complexity index is 292. The normalized spacial score (nSPS) is 11.2. The summed E-state index contributed by atoms with van der Waals surface area (Å²) >= 11 is 0. The number of guanidine groups is 1. The van der Waals surface area contributed by atoms with Crippen LogP contribution in [0, 0.1) is 10.1 Å². The summed E-state index contributed by atoms with van der Waals surface area (Å²) in [6, 6.07) is 0. The van der Waals surface area contributed by atoms with Gasteiger partial charge in [-0.1, -0.05) is 0 Å². The third-order valence-corrected chi connectivity index (χ3v) is 0.882. The molecule has 0 atom stereocenters. The summed E-state index contributed by atoms with van der Waals surface area (Å²) in [6.07, 6.45) is -5.08. The largest absolute Gasteiger partial charge is 0.490 e. The van der Waals surface area contributed by atoms with Gasteiger partial charge in [0.25, 0.3) is 5.96 Å². The molecule has 0 spiro atoms. The first-order chi connectivity index (χ1) is 7.61. The predicted molar refractivity (Wildman–Crippen MR) is 49.4 cm³/mol. The van der Waals surface area contributed by atoms with Crippen molar-refractivity contribution < 1.29 is 28.1 Å². The van der Waals surface area contributed by atoms with Crippen LogP contribution in [0.5, 0.6) is 0 Å². The van der Waals surface area contributed by atoms with Crippen molar-refractivity contribution in [2.75, 3.05) is 13.1 Å². The molecule has 0 rings (SSSR count). The molecule has 0 saturated heterocycles. The van der Waals surface area contributed by atoms with E-state index in [9.17, 15) is 23.3 Å². The van der Waals surface area contributed by atoms with Gasteiger partial charge >= 0.3 is 12.1 Å². The molecule has 9 nitrogen and oxygen atoms in total. The van der Waals surface area contributed by atoms with E-state index in [1.807, 2.05) is 0 Å². The molecule has 0 heterocycles. The lowest BCUT2D eigenvalue weighted by atomic mass is 10.6. The van der Waals surface area contributed by atoms with Crippen molar-refractivity contribution in [2.24, 2.45) is 16.6 Å². The van der Waals surface area contributed by atoms with Gasteiger partial charge in [0, 0.05) is 13.1 Å². The van der Waals surface area contributed by atoms with E-state index in [2.05, 4.69) is 10.4 Å². The number of rotatable bonds is 3. The second kappa shape index (κ2) is 8.09. The Kier molecular flexibility index (Phi) is 8.23. The highest BCUT2D eigenvalue weighted by atomic mass is 19.4. The fourth-order valence-electron chi connectivity index (χ4n) is 0.324. The minimum Gasteiger partial charge on any atom is -0.475 e. The number of hydrogen-bond acceptors (Lipinski definition) is 4. The number of nitrogens with two attached hydrogens (primary N) is 2. The molecule has 0 bridgehead atoms. The van der Waals surface area contributed by atoms with Crippen molar-refractivity contribution in [3.8, 4) is 0 Å². The molecule has 0 radical (unpaired) electrons. The van der Waals surface area contributed by atoms with Crippen LogP contribution in [-0.2, 0) is 4.79 Å². The lowest BCUT2D eigenvalue weighted by molar-refractivity contribution is -0.485. The van der Waals surface area contributed by atoms with Crippen LogP contribution in [0.3, 0.4) is 0 Å². The molecule has 0 saturated carbocycles. The fourth-order valence-corrected chi connectivity index (χ4v) is 0.324. The number of halogens is 3. The maximum absolute atomic E-state index is 10.6. The molecule has 0 aliphatic rings. The third kappa shape index (κ3) is 13.9. The van der Waals surface area contributed by atoms with Crippen LogP contribution in [0.15, 0.2) is 5.10 Å². The highest BCUT2D eigenvalue weighted by molar-refractivity contribution is 5.76. The van der Waals surface area contributed by atoms with Crippen molar-refractivity contribution in [1.29, 1.82) is 0 Å². The molecule has 12 heteroatoms. The van der Waals surface area contributed by atoms with Gasteiger partial charge in [0.1, 0.15) is 5.10 Å². The summed E-state index contributed by atoms with van der Waals surface area (Å²) in [7, 11) is 0. The number of nitrogens with zero attached hydrogens (tertiary/aromatic N) is 2. The Labute approximate surface area is 92.4 Å². The highest BCUT2D eigenvalue weighted by Crippen LogP contribution is 2.13. The minimum absolute atomic E-state index is 0.226. The number of nitrogens with one attached hydrogen (secondary N) is 1. The smallest absolute Gasteiger partial charge is 0.475 e. The predicted octanol–water partition coefficient (Wildman–Crippen LogP) is -1.33. The summed E-state index contributed by atoms with van der Waals surface area (Å²) in [4.78, 5) is 18.5. The van der Waals surface area contributed by atoms with Crippen molar-refractivity contribution in [2.45, 2.75) is 6.18 Å². The first-order valence-electron chi connectivity index (χ1n) is 3.83. The van der Waals surface area contributed by atoms with E-state index in [-0.39, 0.29) is 5.96 Å². The van der Waals surface area contributed by atoms with Gasteiger partial charge in [0.2, 0.25) is 0 Å². The molecular formula is C5H10F3N5O4. The van der Waals surface area contributed by atoms with E-state index in [1.165, 1.54) is 0 Å². The van der Waals surface area contributed by atoms with Crippen LogP contribution in [-0.4, -0.2) is 41.3 Å². The van der Waals surface area contributed by atoms with Crippen LogP contribution in [0.2, 0.25) is 0 Å². The summed E-state index contributed by atoms with van der Waals surface area (Å²) in [6.45, 7) is 0.733. The van der Waals surface area contributed by atoms with Crippen LogP contribution in [0.25, 0.3) is 0 Å². The standard InChI is InChI=1S/C3H9N5O2.C2HF3O2/c4-1-2-6-3(5)7-8(9)10;3-2(4,5)1(6)7/h1-2,4H2,(H3,5,6,7);(H,6,7). The molecule has 0 aromatic rings. The van der Waals surface area contributed by atoms with Crippen LogP contribution >= 0.6 is 0 Å². The van der Waals surface area contributed by atoms with Gasteiger partial charge in [-0.3, -0.25) is 0 Å². The van der Waals surface area contributed by atoms with E-state index in [1.54, 1.807) is 0 Å². The molecular weight excluding hydrogens is 251 g/mol. The number of carboxylic acid groups (broad SMARTS) is 1. The summed E-state index contributed by atoms with van der Waals surface area (Å²) < 4.78 is 31.7. The van der Waals surface area contributed by atoms with Crippen LogP contribution < -0.4 is 16.8 Å². The monoisotopic (exact) mass is 261 g/mol. The van der Waals surface area contributed by atoms with E-state index in [4.69, 9.17) is 21.4 Å². The average Bonchev–Trinajstić information content (AvgIpc) is 2.13. The summed E-state index contributed by atoms with van der Waals surface area (Å²) in [5, 5.41) is 21.1. The first kappa shape index (κ1) is 17.3. The third-order valence-electron chi connectivity index (χ3n) is 0.882. The summed E-state index contributed by atoms with van der Waals surface area (Å²) in [5.41, 5.74) is 10.1. The van der Waals surface area contributed by atoms with Crippen LogP contribution in [0.4, 0.5) is 13.2 Å². The molecule has 0 fully saturated rings. The second-order valence-corrected chi connectivity index (χ2v) is 2.24. The fraction of sp³-hybridized carbons (Fsp3) is 0.600. The van der Waals surface area contributed by atoms with Gasteiger partial charge in [0.05, 0.1) is 0 Å². The highest BCUT2D eigenvalue weighted by Gasteiger charge is 2.38. The molecule has 0 aromatic carbocycles. The number of carboxylic acids is 1. The van der Waals surface area contributed by atoms with E-state index in [0.717, 1.165) is 0 Å². The Hall–Kier alpha value is -2.11. The Morgan fingerprint density at radius 1 is 1.53 bits per heavy atom. The van der Waals surface area contributed by atoms with Gasteiger partial charge in [-0.2, -0.15) is 13.2 Å². The topological polar surface area (TPSA) is 157 Å². The lowest BCUT2D eigenvalue weighted by Gasteiger charge is -1.96. The quantitative estimate of drug-likeness (QED) is 0.212. The van der Waals surface area contributed by atoms with Crippen molar-refractivity contribution in [3.05, 3.63) is 10.1 Å². The van der Waals surface area contributed by atoms with Gasteiger partial charge < -0.3 is 21.9 Å². The summed E-state index contributed by atoms with van der Waals surface area (Å²) in [5.74, 6) is -2.98. The zero-order valence-electron chi connectivity index (χ0n) is 8.27. The number of alkyl halides is 3. The molecule has 0 aliphatic carbocycles. The SMILES string of the molecule is NCCN/C(N)=N/[N+](=O)[O-].O=C(O)C(F)(F)F. The van der Waals surface area contributed by atoms with Gasteiger partial charge in [-0.05, 0) is 0 Å². The maximum atomic E-state index is 10.6. The number of carbonyl (C=O) groups is 1. The second-order valence-electron chi connectivity index (χ2n) is 2.24. The van der Waals surface area contributed by atoms with Crippen LogP contribution in [0.1, 0.15) is 0 Å².